The Morgan fingerprint density at radius 3 is 2.72 bits per heavy atom. The number of nitrogens with zero attached hydrogens (tertiary/aromatic N) is 3. The quantitative estimate of drug-likeness (QED) is 0.445. The number of hydrogen-bond acceptors (Lipinski definition) is 7. The first-order valence-electron chi connectivity index (χ1n) is 8.50. The van der Waals surface area contributed by atoms with Gasteiger partial charge >= 0.3 is 5.97 Å². The van der Waals surface area contributed by atoms with Gasteiger partial charge < -0.3 is 9.47 Å². The lowest BCUT2D eigenvalue weighted by Crippen LogP contribution is -2.19. The van der Waals surface area contributed by atoms with Gasteiger partial charge in [-0.05, 0) is 19.1 Å². The largest absolute Gasteiger partial charge is 0.494 e. The number of fused-ring (bicyclic) bond motifs is 1. The van der Waals surface area contributed by atoms with Crippen LogP contribution in [0.4, 0.5) is 5.69 Å². The topological polar surface area (TPSA) is 112 Å². The van der Waals surface area contributed by atoms with Gasteiger partial charge in [0.2, 0.25) is 10.0 Å². The number of rotatable bonds is 7. The number of pyridine rings is 1. The van der Waals surface area contributed by atoms with Crippen LogP contribution in [-0.4, -0.2) is 49.1 Å². The molecule has 0 saturated heterocycles. The normalized spacial score (nSPS) is 11.4. The summed E-state index contributed by atoms with van der Waals surface area (Å²) in [7, 11) is -1.06. The molecule has 29 heavy (non-hydrogen) atoms. The zero-order valence-corrected chi connectivity index (χ0v) is 17.5. The second-order valence-electron chi connectivity index (χ2n) is 6.16. The summed E-state index contributed by atoms with van der Waals surface area (Å²) in [6.07, 6.45) is 1.40. The number of halogens is 1. The molecule has 1 N–H and O–H groups in total. The molecule has 2 heterocycles. The lowest BCUT2D eigenvalue weighted by Gasteiger charge is -2.13. The van der Waals surface area contributed by atoms with Crippen molar-refractivity contribution in [3.63, 3.8) is 0 Å². The SMILES string of the molecule is COC(=O)CCS(=O)(=O)Nc1ccc(-n2nc(C)c3cnc(Cl)cc32)c(OC)c1. The molecule has 3 aromatic rings. The smallest absolute Gasteiger partial charge is 0.306 e. The van der Waals surface area contributed by atoms with Gasteiger partial charge in [0.1, 0.15) is 16.6 Å². The summed E-state index contributed by atoms with van der Waals surface area (Å²) in [5.74, 6) is -0.592. The molecule has 0 aliphatic carbocycles. The minimum Gasteiger partial charge on any atom is -0.494 e. The van der Waals surface area contributed by atoms with Crippen molar-refractivity contribution in [2.45, 2.75) is 13.3 Å². The van der Waals surface area contributed by atoms with Crippen molar-refractivity contribution in [1.82, 2.24) is 14.8 Å². The van der Waals surface area contributed by atoms with Crippen molar-refractivity contribution >= 4 is 44.2 Å². The zero-order valence-electron chi connectivity index (χ0n) is 16.0. The van der Waals surface area contributed by atoms with E-state index >= 15 is 0 Å². The molecule has 11 heteroatoms. The van der Waals surface area contributed by atoms with E-state index in [-0.39, 0.29) is 6.42 Å². The van der Waals surface area contributed by atoms with E-state index in [0.717, 1.165) is 16.6 Å². The van der Waals surface area contributed by atoms with Crippen LogP contribution in [0.1, 0.15) is 12.1 Å². The number of anilines is 1. The molecular formula is C18H19ClN4O5S. The maximum Gasteiger partial charge on any atom is 0.306 e. The average molecular weight is 439 g/mol. The Labute approximate surface area is 172 Å². The molecule has 2 aromatic heterocycles. The van der Waals surface area contributed by atoms with E-state index in [1.165, 1.54) is 20.3 Å². The first-order valence-corrected chi connectivity index (χ1v) is 10.5. The fourth-order valence-electron chi connectivity index (χ4n) is 2.78. The number of benzene rings is 1. The number of carbonyl (C=O) groups is 1. The van der Waals surface area contributed by atoms with Crippen molar-refractivity contribution in [3.8, 4) is 11.4 Å². The van der Waals surface area contributed by atoms with Gasteiger partial charge in [-0.15, -0.1) is 0 Å². The zero-order chi connectivity index (χ0) is 21.2. The lowest BCUT2D eigenvalue weighted by molar-refractivity contribution is -0.140. The molecule has 0 aliphatic rings. The Balaban J connectivity index is 1.94. The van der Waals surface area contributed by atoms with Gasteiger partial charge in [-0.2, -0.15) is 5.10 Å². The number of nitrogens with one attached hydrogen (secondary N) is 1. The molecule has 0 aliphatic heterocycles. The summed E-state index contributed by atoms with van der Waals surface area (Å²) in [6.45, 7) is 1.85. The van der Waals surface area contributed by atoms with Crippen molar-refractivity contribution in [2.24, 2.45) is 0 Å². The van der Waals surface area contributed by atoms with Gasteiger partial charge in [0.05, 0.1) is 43.3 Å². The van der Waals surface area contributed by atoms with E-state index in [4.69, 9.17) is 16.3 Å². The van der Waals surface area contributed by atoms with Crippen LogP contribution in [0, 0.1) is 6.92 Å². The highest BCUT2D eigenvalue weighted by Gasteiger charge is 2.17. The second kappa shape index (κ2) is 8.26. The van der Waals surface area contributed by atoms with E-state index in [0.29, 0.717) is 22.3 Å². The molecule has 0 fully saturated rings. The summed E-state index contributed by atoms with van der Waals surface area (Å²) >= 11 is 6.03. The Kier molecular flexibility index (Phi) is 5.94. The molecule has 0 spiro atoms. The van der Waals surface area contributed by atoms with Gasteiger partial charge in [0, 0.05) is 23.7 Å². The van der Waals surface area contributed by atoms with Crippen LogP contribution in [0.25, 0.3) is 16.6 Å². The van der Waals surface area contributed by atoms with Crippen molar-refractivity contribution in [2.75, 3.05) is 24.7 Å². The summed E-state index contributed by atoms with van der Waals surface area (Å²) in [6, 6.07) is 6.49. The minimum absolute atomic E-state index is 0.242. The molecule has 3 rings (SSSR count). The van der Waals surface area contributed by atoms with Gasteiger partial charge in [0.25, 0.3) is 0 Å². The molecule has 0 saturated carbocycles. The van der Waals surface area contributed by atoms with Crippen LogP contribution in [0.3, 0.4) is 0 Å². The van der Waals surface area contributed by atoms with Gasteiger partial charge in [-0.1, -0.05) is 11.6 Å². The predicted octanol–water partition coefficient (Wildman–Crippen LogP) is 2.70. The Hall–Kier alpha value is -2.85. The third-order valence-electron chi connectivity index (χ3n) is 4.20. The van der Waals surface area contributed by atoms with Crippen molar-refractivity contribution < 1.29 is 22.7 Å². The van der Waals surface area contributed by atoms with Crippen LogP contribution in [0.2, 0.25) is 5.15 Å². The van der Waals surface area contributed by atoms with Crippen LogP contribution < -0.4 is 9.46 Å². The summed E-state index contributed by atoms with van der Waals surface area (Å²) < 4.78 is 38.4. The number of carbonyl (C=O) groups excluding carboxylic acids is 1. The fraction of sp³-hybridized carbons (Fsp3) is 0.278. The van der Waals surface area contributed by atoms with E-state index in [1.807, 2.05) is 6.92 Å². The van der Waals surface area contributed by atoms with Crippen molar-refractivity contribution in [1.29, 1.82) is 0 Å². The predicted molar refractivity (Wildman–Crippen MR) is 109 cm³/mol. The number of esters is 1. The molecule has 1 aromatic carbocycles. The van der Waals surface area contributed by atoms with E-state index in [2.05, 4.69) is 19.5 Å². The van der Waals surface area contributed by atoms with Gasteiger partial charge in [-0.3, -0.25) is 9.52 Å². The highest BCUT2D eigenvalue weighted by molar-refractivity contribution is 7.92. The monoisotopic (exact) mass is 438 g/mol. The Bertz CT molecular complexity index is 1180. The summed E-state index contributed by atoms with van der Waals surface area (Å²) in [5.41, 5.74) is 2.40. The molecule has 0 unspecified atom stereocenters. The molecule has 0 radical (unpaired) electrons. The highest BCUT2D eigenvalue weighted by Crippen LogP contribution is 2.31. The highest BCUT2D eigenvalue weighted by atomic mass is 35.5. The number of aryl methyl sites for hydroxylation is 1. The van der Waals surface area contributed by atoms with Crippen LogP contribution in [0.5, 0.6) is 5.75 Å². The third kappa shape index (κ3) is 4.60. The van der Waals surface area contributed by atoms with Crippen molar-refractivity contribution in [3.05, 3.63) is 41.3 Å². The minimum atomic E-state index is -3.73. The van der Waals surface area contributed by atoms with Crippen LogP contribution in [-0.2, 0) is 19.6 Å². The van der Waals surface area contributed by atoms with E-state index in [1.54, 1.807) is 29.1 Å². The fourth-order valence-corrected chi connectivity index (χ4v) is 3.96. The van der Waals surface area contributed by atoms with E-state index in [9.17, 15) is 13.2 Å². The number of aromatic nitrogens is 3. The standard InChI is InChI=1S/C18H19ClN4O5S/c1-11-13-10-20-17(19)9-15(13)23(21-11)14-5-4-12(8-16(14)27-2)22-29(25,26)7-6-18(24)28-3/h4-5,8-10,22H,6-7H2,1-3H3. The Morgan fingerprint density at radius 2 is 2.03 bits per heavy atom. The van der Waals surface area contributed by atoms with Crippen LogP contribution >= 0.6 is 11.6 Å². The first-order chi connectivity index (χ1) is 13.7. The summed E-state index contributed by atoms with van der Waals surface area (Å²) in [5, 5.41) is 5.68. The maximum absolute atomic E-state index is 12.2. The molecule has 0 bridgehead atoms. The number of hydrogen-bond donors (Lipinski definition) is 1. The molecule has 0 atom stereocenters. The molecule has 154 valence electrons. The second-order valence-corrected chi connectivity index (χ2v) is 8.38. The Morgan fingerprint density at radius 1 is 1.28 bits per heavy atom. The molecule has 9 nitrogen and oxygen atoms in total. The lowest BCUT2D eigenvalue weighted by atomic mass is 10.2. The van der Waals surface area contributed by atoms with Gasteiger partial charge in [-0.25, -0.2) is 18.1 Å². The number of ether oxygens (including phenoxy) is 2. The number of sulfonamides is 1. The summed E-state index contributed by atoms with van der Waals surface area (Å²) in [4.78, 5) is 15.3. The number of methoxy groups -OCH3 is 2. The third-order valence-corrected chi connectivity index (χ3v) is 5.70. The molecular weight excluding hydrogens is 420 g/mol. The first kappa shape index (κ1) is 20.9. The molecule has 0 amide bonds. The van der Waals surface area contributed by atoms with E-state index < -0.39 is 21.7 Å². The van der Waals surface area contributed by atoms with Gasteiger partial charge in [0.15, 0.2) is 0 Å². The average Bonchev–Trinajstić information content (AvgIpc) is 3.01. The van der Waals surface area contributed by atoms with Crippen LogP contribution in [0.15, 0.2) is 30.5 Å². The maximum atomic E-state index is 12.2.